The molecule has 0 aromatic heterocycles. The van der Waals surface area contributed by atoms with Gasteiger partial charge >= 0.3 is 0 Å². The van der Waals surface area contributed by atoms with Crippen LogP contribution in [0.1, 0.15) is 55.1 Å². The molecule has 0 amide bonds. The second kappa shape index (κ2) is 5.68. The summed E-state index contributed by atoms with van der Waals surface area (Å²) >= 11 is 0. The Morgan fingerprint density at radius 2 is 1.94 bits per heavy atom. The van der Waals surface area contributed by atoms with Gasteiger partial charge in [0.1, 0.15) is 0 Å². The third-order valence-electron chi connectivity index (χ3n) is 3.74. The van der Waals surface area contributed by atoms with Crippen molar-refractivity contribution in [1.29, 1.82) is 0 Å². The molecule has 1 nitrogen and oxygen atoms in total. The number of benzene rings is 1. The Morgan fingerprint density at radius 1 is 1.24 bits per heavy atom. The van der Waals surface area contributed by atoms with Gasteiger partial charge in [0, 0.05) is 4.11 Å². The molecule has 0 saturated heterocycles. The Balaban J connectivity index is 2.08. The van der Waals surface area contributed by atoms with Crippen molar-refractivity contribution in [2.45, 2.75) is 57.4 Å². The quantitative estimate of drug-likeness (QED) is 0.837. The van der Waals surface area contributed by atoms with Crippen LogP contribution in [0.15, 0.2) is 30.3 Å². The van der Waals surface area contributed by atoms with Crippen molar-refractivity contribution in [2.24, 2.45) is 5.92 Å². The fourth-order valence-electron chi connectivity index (χ4n) is 2.84. The first kappa shape index (κ1) is 9.16. The van der Waals surface area contributed by atoms with E-state index in [1.807, 2.05) is 30.3 Å². The summed E-state index contributed by atoms with van der Waals surface area (Å²) in [4.78, 5) is 0. The van der Waals surface area contributed by atoms with Crippen molar-refractivity contribution in [3.05, 3.63) is 35.9 Å². The van der Waals surface area contributed by atoms with Crippen LogP contribution in [0.25, 0.3) is 0 Å². The Labute approximate surface area is 109 Å². The first-order valence-corrected chi connectivity index (χ1v) is 6.65. The van der Waals surface area contributed by atoms with Crippen molar-refractivity contribution in [3.8, 4) is 0 Å². The zero-order valence-electron chi connectivity index (χ0n) is 13.4. The highest BCUT2D eigenvalue weighted by atomic mass is 16.3. The van der Waals surface area contributed by atoms with Crippen LogP contribution < -0.4 is 0 Å². The molecule has 1 fully saturated rings. The maximum Gasteiger partial charge on any atom is 0.0650 e. The van der Waals surface area contributed by atoms with Gasteiger partial charge in [-0.05, 0) is 37.2 Å². The highest BCUT2D eigenvalue weighted by Gasteiger charge is 2.30. The summed E-state index contributed by atoms with van der Waals surface area (Å²) in [6, 6.07) is 9.72. The second-order valence-electron chi connectivity index (χ2n) is 5.38. The lowest BCUT2D eigenvalue weighted by atomic mass is 9.78. The molecule has 1 N–H and O–H groups in total. The van der Waals surface area contributed by atoms with Gasteiger partial charge in [0.15, 0.2) is 0 Å². The summed E-state index contributed by atoms with van der Waals surface area (Å²) in [5.41, 5.74) is 0.263. The van der Waals surface area contributed by atoms with Gasteiger partial charge in [0.25, 0.3) is 0 Å². The largest absolute Gasteiger partial charge is 0.390 e. The van der Waals surface area contributed by atoms with E-state index in [9.17, 15) is 5.11 Å². The van der Waals surface area contributed by atoms with Crippen LogP contribution in [0.5, 0.6) is 0 Å². The third-order valence-corrected chi connectivity index (χ3v) is 3.74. The molecule has 17 heavy (non-hydrogen) atoms. The minimum absolute atomic E-state index is 0.387. The molecule has 1 unspecified atom stereocenters. The first-order chi connectivity index (χ1) is 9.39. The van der Waals surface area contributed by atoms with E-state index >= 15 is 0 Å². The van der Waals surface area contributed by atoms with Gasteiger partial charge in [0.05, 0.1) is 5.60 Å². The molecule has 1 saturated carbocycles. The van der Waals surface area contributed by atoms with Crippen molar-refractivity contribution in [2.75, 3.05) is 0 Å². The summed E-state index contributed by atoms with van der Waals surface area (Å²) in [6.45, 7) is -2.01. The van der Waals surface area contributed by atoms with Crippen molar-refractivity contribution < 1.29 is 9.22 Å². The molecule has 0 heterocycles. The molecule has 1 aromatic carbocycles. The van der Waals surface area contributed by atoms with E-state index in [1.54, 1.807) is 0 Å². The molecular formula is C16H24O. The SMILES string of the molecule is [2H]C([2H])([2H])C(Cc1ccccc1)CC1(O)CCCCC1. The van der Waals surface area contributed by atoms with E-state index in [0.29, 0.717) is 12.8 Å². The molecule has 1 aliphatic carbocycles. The summed E-state index contributed by atoms with van der Waals surface area (Å²) < 4.78 is 23.3. The molecule has 1 aliphatic rings. The van der Waals surface area contributed by atoms with Crippen LogP contribution in [0.3, 0.4) is 0 Å². The summed E-state index contributed by atoms with van der Waals surface area (Å²) in [5.74, 6) is -0.465. The number of aliphatic hydroxyl groups is 1. The normalized spacial score (nSPS) is 24.4. The zero-order chi connectivity index (χ0) is 14.6. The second-order valence-corrected chi connectivity index (χ2v) is 5.38. The van der Waals surface area contributed by atoms with Gasteiger partial charge in [-0.2, -0.15) is 0 Å². The topological polar surface area (TPSA) is 20.2 Å². The van der Waals surface area contributed by atoms with Crippen LogP contribution in [-0.4, -0.2) is 10.7 Å². The first-order valence-electron chi connectivity index (χ1n) is 8.15. The summed E-state index contributed by atoms with van der Waals surface area (Å²) in [5, 5.41) is 10.6. The fraction of sp³-hybridized carbons (Fsp3) is 0.625. The Hall–Kier alpha value is -0.820. The molecule has 0 aliphatic heterocycles. The molecule has 1 atom stereocenters. The average molecular weight is 235 g/mol. The maximum absolute atomic E-state index is 10.6. The van der Waals surface area contributed by atoms with Crippen LogP contribution in [0, 0.1) is 5.92 Å². The fourth-order valence-corrected chi connectivity index (χ4v) is 2.84. The molecule has 0 radical (unpaired) electrons. The molecule has 0 spiro atoms. The summed E-state index contributed by atoms with van der Waals surface area (Å²) in [6.07, 6.45) is 5.56. The predicted octanol–water partition coefficient (Wildman–Crippen LogP) is 3.95. The molecular weight excluding hydrogens is 208 g/mol. The lowest BCUT2D eigenvalue weighted by Gasteiger charge is -2.34. The lowest BCUT2D eigenvalue weighted by Crippen LogP contribution is -2.33. The Morgan fingerprint density at radius 3 is 2.59 bits per heavy atom. The van der Waals surface area contributed by atoms with E-state index in [4.69, 9.17) is 4.11 Å². The van der Waals surface area contributed by atoms with Crippen LogP contribution >= 0.6 is 0 Å². The Bertz CT molecular complexity index is 407. The van der Waals surface area contributed by atoms with Gasteiger partial charge < -0.3 is 5.11 Å². The smallest absolute Gasteiger partial charge is 0.0650 e. The van der Waals surface area contributed by atoms with Crippen molar-refractivity contribution in [3.63, 3.8) is 0 Å². The molecule has 2 rings (SSSR count). The monoisotopic (exact) mass is 235 g/mol. The predicted molar refractivity (Wildman–Crippen MR) is 72.0 cm³/mol. The van der Waals surface area contributed by atoms with Crippen molar-refractivity contribution >= 4 is 0 Å². The Kier molecular flexibility index (Phi) is 3.06. The molecule has 1 aromatic rings. The zero-order valence-corrected chi connectivity index (χ0v) is 10.4. The summed E-state index contributed by atoms with van der Waals surface area (Å²) in [7, 11) is 0. The minimum atomic E-state index is -2.01. The third kappa shape index (κ3) is 3.85. The van der Waals surface area contributed by atoms with E-state index in [1.165, 1.54) is 0 Å². The van der Waals surface area contributed by atoms with Crippen LogP contribution in [0.4, 0.5) is 0 Å². The molecule has 0 bridgehead atoms. The van der Waals surface area contributed by atoms with E-state index in [-0.39, 0.29) is 0 Å². The van der Waals surface area contributed by atoms with Crippen molar-refractivity contribution in [1.82, 2.24) is 0 Å². The molecule has 94 valence electrons. The standard InChI is InChI=1S/C16H24O/c1-14(12-15-8-4-2-5-9-15)13-16(17)10-6-3-7-11-16/h2,4-5,8-9,14,17H,3,6-7,10-13H2,1H3/i1D3. The highest BCUT2D eigenvalue weighted by Crippen LogP contribution is 2.34. The lowest BCUT2D eigenvalue weighted by molar-refractivity contribution is -0.0156. The van der Waals surface area contributed by atoms with Crippen LogP contribution in [-0.2, 0) is 6.42 Å². The van der Waals surface area contributed by atoms with Gasteiger partial charge in [-0.1, -0.05) is 56.4 Å². The van der Waals surface area contributed by atoms with Gasteiger partial charge in [0.2, 0.25) is 0 Å². The molecule has 1 heteroatoms. The van der Waals surface area contributed by atoms with E-state index < -0.39 is 18.4 Å². The van der Waals surface area contributed by atoms with E-state index in [2.05, 4.69) is 0 Å². The average Bonchev–Trinajstić information content (AvgIpc) is 2.39. The van der Waals surface area contributed by atoms with E-state index in [0.717, 1.165) is 37.7 Å². The minimum Gasteiger partial charge on any atom is -0.390 e. The number of hydrogen-bond donors (Lipinski definition) is 1. The van der Waals surface area contributed by atoms with Gasteiger partial charge in [-0.3, -0.25) is 0 Å². The maximum atomic E-state index is 10.6. The van der Waals surface area contributed by atoms with Crippen LogP contribution in [0.2, 0.25) is 0 Å². The van der Waals surface area contributed by atoms with Gasteiger partial charge in [-0.15, -0.1) is 0 Å². The van der Waals surface area contributed by atoms with Gasteiger partial charge in [-0.25, -0.2) is 0 Å². The number of hydrogen-bond acceptors (Lipinski definition) is 1. The highest BCUT2D eigenvalue weighted by molar-refractivity contribution is 5.15. The number of rotatable bonds is 4.